The summed E-state index contributed by atoms with van der Waals surface area (Å²) in [5.41, 5.74) is 3.57. The minimum absolute atomic E-state index is 0.752. The standard InChI is InChI=1S/C18H19N3OS/c1-3-13-7-9-15(10-8-13)17-19-18(21-20-17)23-12-14-5-4-6-16(11-14)22-2/h4-11H,3,12H2,1-2H3,(H,19,20,21). The van der Waals surface area contributed by atoms with Crippen LogP contribution in [-0.2, 0) is 12.2 Å². The van der Waals surface area contributed by atoms with Crippen LogP contribution in [0.1, 0.15) is 18.1 Å². The molecule has 0 fully saturated rings. The van der Waals surface area contributed by atoms with Crippen molar-refractivity contribution >= 4 is 11.8 Å². The van der Waals surface area contributed by atoms with Gasteiger partial charge in [-0.1, -0.05) is 55.1 Å². The summed E-state index contributed by atoms with van der Waals surface area (Å²) >= 11 is 1.61. The second-order valence-electron chi connectivity index (χ2n) is 5.16. The molecule has 23 heavy (non-hydrogen) atoms. The van der Waals surface area contributed by atoms with E-state index in [1.807, 2.05) is 18.2 Å². The van der Waals surface area contributed by atoms with E-state index in [0.29, 0.717) is 0 Å². The molecule has 0 saturated heterocycles. The molecule has 0 atom stereocenters. The van der Waals surface area contributed by atoms with Crippen LogP contribution in [-0.4, -0.2) is 22.3 Å². The molecule has 5 heteroatoms. The fraction of sp³-hybridized carbons (Fsp3) is 0.222. The summed E-state index contributed by atoms with van der Waals surface area (Å²) in [6, 6.07) is 16.5. The van der Waals surface area contributed by atoms with Crippen LogP contribution in [0.25, 0.3) is 11.4 Å². The molecule has 0 radical (unpaired) electrons. The van der Waals surface area contributed by atoms with Crippen molar-refractivity contribution in [3.8, 4) is 17.1 Å². The summed E-state index contributed by atoms with van der Waals surface area (Å²) in [5.74, 6) is 2.49. The van der Waals surface area contributed by atoms with Gasteiger partial charge in [0.25, 0.3) is 0 Å². The van der Waals surface area contributed by atoms with Gasteiger partial charge < -0.3 is 4.74 Å². The highest BCUT2D eigenvalue weighted by molar-refractivity contribution is 7.98. The molecule has 0 bridgehead atoms. The van der Waals surface area contributed by atoms with Crippen LogP contribution in [0.3, 0.4) is 0 Å². The van der Waals surface area contributed by atoms with Gasteiger partial charge in [0, 0.05) is 11.3 Å². The number of aromatic nitrogens is 3. The Morgan fingerprint density at radius 2 is 1.91 bits per heavy atom. The maximum atomic E-state index is 5.24. The number of thioether (sulfide) groups is 1. The van der Waals surface area contributed by atoms with Crippen LogP contribution in [0.4, 0.5) is 0 Å². The monoisotopic (exact) mass is 325 g/mol. The molecule has 1 N–H and O–H groups in total. The van der Waals surface area contributed by atoms with E-state index in [1.165, 1.54) is 11.1 Å². The molecule has 0 aliphatic carbocycles. The number of hydrogen-bond acceptors (Lipinski definition) is 4. The van der Waals surface area contributed by atoms with E-state index in [2.05, 4.69) is 52.4 Å². The van der Waals surface area contributed by atoms with Gasteiger partial charge in [0.2, 0.25) is 5.16 Å². The summed E-state index contributed by atoms with van der Waals surface area (Å²) in [7, 11) is 1.68. The van der Waals surface area contributed by atoms with Gasteiger partial charge in [0.1, 0.15) is 5.75 Å². The van der Waals surface area contributed by atoms with E-state index in [0.717, 1.165) is 34.5 Å². The summed E-state index contributed by atoms with van der Waals surface area (Å²) < 4.78 is 5.24. The third-order valence-corrected chi connectivity index (χ3v) is 4.52. The Labute approximate surface area is 140 Å². The number of nitrogens with zero attached hydrogens (tertiary/aromatic N) is 2. The number of nitrogens with one attached hydrogen (secondary N) is 1. The largest absolute Gasteiger partial charge is 0.497 e. The van der Waals surface area contributed by atoms with Crippen molar-refractivity contribution in [1.29, 1.82) is 0 Å². The maximum absolute atomic E-state index is 5.24. The summed E-state index contributed by atoms with van der Waals surface area (Å²) in [5, 5.41) is 8.05. The predicted molar refractivity (Wildman–Crippen MR) is 93.8 cm³/mol. The van der Waals surface area contributed by atoms with Crippen LogP contribution in [0.15, 0.2) is 53.7 Å². The third-order valence-electron chi connectivity index (χ3n) is 3.60. The second-order valence-corrected chi connectivity index (χ2v) is 6.10. The fourth-order valence-corrected chi connectivity index (χ4v) is 2.99. The highest BCUT2D eigenvalue weighted by Crippen LogP contribution is 2.24. The molecule has 4 nitrogen and oxygen atoms in total. The van der Waals surface area contributed by atoms with Crippen molar-refractivity contribution in [2.24, 2.45) is 0 Å². The van der Waals surface area contributed by atoms with E-state index < -0.39 is 0 Å². The van der Waals surface area contributed by atoms with E-state index in [9.17, 15) is 0 Å². The Bertz CT molecular complexity index is 768. The molecule has 3 rings (SSSR count). The normalized spacial score (nSPS) is 10.7. The van der Waals surface area contributed by atoms with Crippen molar-refractivity contribution in [2.45, 2.75) is 24.3 Å². The Balaban J connectivity index is 1.66. The molecule has 0 aliphatic rings. The zero-order valence-corrected chi connectivity index (χ0v) is 14.1. The molecule has 3 aromatic rings. The Kier molecular flexibility index (Phi) is 4.98. The van der Waals surface area contributed by atoms with E-state index in [4.69, 9.17) is 4.74 Å². The van der Waals surface area contributed by atoms with Crippen LogP contribution >= 0.6 is 11.8 Å². The SMILES string of the molecule is CCc1ccc(-c2nc(SCc3cccc(OC)c3)n[nH]2)cc1. The van der Waals surface area contributed by atoms with E-state index in [1.54, 1.807) is 18.9 Å². The maximum Gasteiger partial charge on any atom is 0.209 e. The Morgan fingerprint density at radius 3 is 2.65 bits per heavy atom. The number of rotatable bonds is 6. The average molecular weight is 325 g/mol. The number of H-pyrrole nitrogens is 1. The van der Waals surface area contributed by atoms with E-state index in [-0.39, 0.29) is 0 Å². The smallest absolute Gasteiger partial charge is 0.209 e. The summed E-state index contributed by atoms with van der Waals surface area (Å²) in [4.78, 5) is 4.56. The van der Waals surface area contributed by atoms with Gasteiger partial charge >= 0.3 is 0 Å². The summed E-state index contributed by atoms with van der Waals surface area (Å²) in [6.07, 6.45) is 1.04. The molecule has 118 valence electrons. The second kappa shape index (κ2) is 7.33. The van der Waals surface area contributed by atoms with Gasteiger partial charge in [-0.3, -0.25) is 5.10 Å². The van der Waals surface area contributed by atoms with E-state index >= 15 is 0 Å². The zero-order valence-electron chi connectivity index (χ0n) is 13.2. The number of aryl methyl sites for hydroxylation is 1. The lowest BCUT2D eigenvalue weighted by Gasteiger charge is -2.02. The lowest BCUT2D eigenvalue weighted by atomic mass is 10.1. The zero-order chi connectivity index (χ0) is 16.1. The lowest BCUT2D eigenvalue weighted by molar-refractivity contribution is 0.414. The van der Waals surface area contributed by atoms with Crippen LogP contribution in [0, 0.1) is 0 Å². The molecule has 0 spiro atoms. The first kappa shape index (κ1) is 15.6. The first-order chi connectivity index (χ1) is 11.3. The number of aromatic amines is 1. The number of methoxy groups -OCH3 is 1. The molecule has 0 saturated carbocycles. The molecule has 1 aromatic heterocycles. The Hall–Kier alpha value is -2.27. The number of ether oxygens (including phenoxy) is 1. The minimum atomic E-state index is 0.752. The van der Waals surface area contributed by atoms with Crippen molar-refractivity contribution in [3.05, 3.63) is 59.7 Å². The van der Waals surface area contributed by atoms with Gasteiger partial charge in [-0.15, -0.1) is 5.10 Å². The average Bonchev–Trinajstić information content (AvgIpc) is 3.09. The van der Waals surface area contributed by atoms with Gasteiger partial charge in [-0.05, 0) is 29.7 Å². The molecular weight excluding hydrogens is 306 g/mol. The van der Waals surface area contributed by atoms with Crippen LogP contribution in [0.5, 0.6) is 5.75 Å². The molecule has 0 aliphatic heterocycles. The summed E-state index contributed by atoms with van der Waals surface area (Å²) in [6.45, 7) is 2.15. The molecular formula is C18H19N3OS. The van der Waals surface area contributed by atoms with Crippen molar-refractivity contribution in [3.63, 3.8) is 0 Å². The first-order valence-corrected chi connectivity index (χ1v) is 8.54. The van der Waals surface area contributed by atoms with Gasteiger partial charge in [0.15, 0.2) is 5.82 Å². The quantitative estimate of drug-likeness (QED) is 0.685. The minimum Gasteiger partial charge on any atom is -0.497 e. The van der Waals surface area contributed by atoms with Gasteiger partial charge in [-0.25, -0.2) is 4.98 Å². The highest BCUT2D eigenvalue weighted by Gasteiger charge is 2.07. The van der Waals surface area contributed by atoms with Gasteiger partial charge in [-0.2, -0.15) is 0 Å². The number of benzene rings is 2. The predicted octanol–water partition coefficient (Wildman–Crippen LogP) is 4.34. The first-order valence-electron chi connectivity index (χ1n) is 7.56. The highest BCUT2D eigenvalue weighted by atomic mass is 32.2. The van der Waals surface area contributed by atoms with Crippen molar-refractivity contribution < 1.29 is 4.74 Å². The molecule has 2 aromatic carbocycles. The van der Waals surface area contributed by atoms with Crippen molar-refractivity contribution in [1.82, 2.24) is 15.2 Å². The molecule has 0 unspecified atom stereocenters. The number of hydrogen-bond donors (Lipinski definition) is 1. The van der Waals surface area contributed by atoms with Crippen molar-refractivity contribution in [2.75, 3.05) is 7.11 Å². The Morgan fingerprint density at radius 1 is 1.09 bits per heavy atom. The molecule has 0 amide bonds. The topological polar surface area (TPSA) is 50.8 Å². The molecule has 1 heterocycles. The lowest BCUT2D eigenvalue weighted by Crippen LogP contribution is -1.86. The van der Waals surface area contributed by atoms with Gasteiger partial charge in [0.05, 0.1) is 7.11 Å². The fourth-order valence-electron chi connectivity index (χ4n) is 2.25. The van der Waals surface area contributed by atoms with Crippen LogP contribution in [0.2, 0.25) is 0 Å². The van der Waals surface area contributed by atoms with Crippen LogP contribution < -0.4 is 4.74 Å². The third kappa shape index (κ3) is 3.93.